The average Bonchev–Trinajstić information content (AvgIpc) is 2.79. The third kappa shape index (κ3) is 3.53. The first kappa shape index (κ1) is 15.8. The van der Waals surface area contributed by atoms with E-state index >= 15 is 0 Å². The molecule has 0 saturated carbocycles. The van der Waals surface area contributed by atoms with Crippen molar-refractivity contribution in [2.75, 3.05) is 0 Å². The fraction of sp³-hybridized carbons (Fsp3) is 0.500. The number of benzene rings is 1. The molecule has 4 nitrogen and oxygen atoms in total. The van der Waals surface area contributed by atoms with E-state index in [1.54, 1.807) is 0 Å². The number of H-pyrrole nitrogens is 1. The monoisotopic (exact) mass is 305 g/mol. The van der Waals surface area contributed by atoms with E-state index in [2.05, 4.69) is 43.1 Å². The highest BCUT2D eigenvalue weighted by molar-refractivity contribution is 7.71. The molecule has 1 heterocycles. The highest BCUT2D eigenvalue weighted by atomic mass is 32.1. The predicted octanol–water partition coefficient (Wildman–Crippen LogP) is 4.40. The van der Waals surface area contributed by atoms with E-state index in [9.17, 15) is 0 Å². The Kier molecular flexibility index (Phi) is 4.52. The van der Waals surface area contributed by atoms with Crippen molar-refractivity contribution in [3.8, 4) is 5.75 Å². The third-order valence-electron chi connectivity index (χ3n) is 3.50. The van der Waals surface area contributed by atoms with Crippen molar-refractivity contribution < 1.29 is 4.74 Å². The summed E-state index contributed by atoms with van der Waals surface area (Å²) in [6.07, 6.45) is -0.154. The lowest BCUT2D eigenvalue weighted by Crippen LogP contribution is -2.12. The topological polar surface area (TPSA) is 42.8 Å². The van der Waals surface area contributed by atoms with Crippen molar-refractivity contribution in [2.45, 2.75) is 52.7 Å². The van der Waals surface area contributed by atoms with Gasteiger partial charge in [0.1, 0.15) is 5.75 Å². The molecule has 0 saturated heterocycles. The molecule has 0 aliphatic carbocycles. The van der Waals surface area contributed by atoms with Gasteiger partial charge in [0, 0.05) is 6.54 Å². The van der Waals surface area contributed by atoms with Crippen molar-refractivity contribution >= 4 is 12.2 Å². The summed E-state index contributed by atoms with van der Waals surface area (Å²) in [5.74, 6) is 1.66. The maximum Gasteiger partial charge on any atom is 0.195 e. The first-order valence-electron chi connectivity index (χ1n) is 7.25. The van der Waals surface area contributed by atoms with E-state index in [0.717, 1.165) is 18.1 Å². The first-order chi connectivity index (χ1) is 9.82. The summed E-state index contributed by atoms with van der Waals surface area (Å²) in [5.41, 5.74) is 1.44. The van der Waals surface area contributed by atoms with Crippen molar-refractivity contribution in [3.63, 3.8) is 0 Å². The van der Waals surface area contributed by atoms with Crippen LogP contribution >= 0.6 is 12.2 Å². The Labute approximate surface area is 131 Å². The summed E-state index contributed by atoms with van der Waals surface area (Å²) < 4.78 is 8.55. The van der Waals surface area contributed by atoms with Crippen LogP contribution in [-0.4, -0.2) is 14.8 Å². The van der Waals surface area contributed by atoms with Gasteiger partial charge in [-0.1, -0.05) is 32.9 Å². The molecular formula is C16H23N3OS. The number of nitrogens with one attached hydrogen (secondary N) is 1. The second-order valence-corrected chi connectivity index (χ2v) is 6.55. The van der Waals surface area contributed by atoms with Crippen molar-refractivity contribution in [1.82, 2.24) is 14.8 Å². The lowest BCUT2D eigenvalue weighted by Gasteiger charge is -2.20. The quantitative estimate of drug-likeness (QED) is 0.851. The van der Waals surface area contributed by atoms with Crippen LogP contribution in [0, 0.1) is 4.77 Å². The van der Waals surface area contributed by atoms with Gasteiger partial charge in [-0.2, -0.15) is 5.10 Å². The Hall–Kier alpha value is -1.62. The molecule has 1 N–H and O–H groups in total. The molecule has 1 aromatic heterocycles. The third-order valence-corrected chi connectivity index (χ3v) is 3.81. The van der Waals surface area contributed by atoms with Gasteiger partial charge in [-0.3, -0.25) is 5.10 Å². The van der Waals surface area contributed by atoms with E-state index in [0.29, 0.717) is 4.77 Å². The Morgan fingerprint density at radius 2 is 1.90 bits per heavy atom. The largest absolute Gasteiger partial charge is 0.483 e. The standard InChI is InChI=1S/C16H23N3OS/c1-6-19-14(17-18-15(19)21)11(2)20-13-9-7-12(8-10-13)16(3,4)5/h7-11H,6H2,1-5H3,(H,18,21)/t11-/m1/s1. The van der Waals surface area contributed by atoms with Crippen LogP contribution in [0.1, 0.15) is 52.1 Å². The van der Waals surface area contributed by atoms with Crippen molar-refractivity contribution in [1.29, 1.82) is 0 Å². The van der Waals surface area contributed by atoms with Gasteiger partial charge in [-0.25, -0.2) is 0 Å². The second-order valence-electron chi connectivity index (χ2n) is 6.17. The summed E-state index contributed by atoms with van der Waals surface area (Å²) in [5, 5.41) is 7.08. The van der Waals surface area contributed by atoms with Gasteiger partial charge in [0.15, 0.2) is 16.7 Å². The summed E-state index contributed by atoms with van der Waals surface area (Å²) in [7, 11) is 0. The molecule has 0 spiro atoms. The molecule has 0 aliphatic heterocycles. The molecule has 0 bridgehead atoms. The second kappa shape index (κ2) is 6.02. The number of aromatic amines is 1. The summed E-state index contributed by atoms with van der Waals surface area (Å²) in [6, 6.07) is 8.24. The van der Waals surface area contributed by atoms with Gasteiger partial charge in [-0.15, -0.1) is 0 Å². The summed E-state index contributed by atoms with van der Waals surface area (Å²) in [6.45, 7) is 11.4. The van der Waals surface area contributed by atoms with Gasteiger partial charge in [0.05, 0.1) is 0 Å². The van der Waals surface area contributed by atoms with Crippen LogP contribution in [-0.2, 0) is 12.0 Å². The Bertz CT molecular complexity index is 649. The molecule has 1 atom stereocenters. The van der Waals surface area contributed by atoms with Crippen molar-refractivity contribution in [2.24, 2.45) is 0 Å². The van der Waals surface area contributed by atoms with Gasteiger partial charge >= 0.3 is 0 Å². The first-order valence-corrected chi connectivity index (χ1v) is 7.66. The van der Waals surface area contributed by atoms with Crippen LogP contribution in [0.25, 0.3) is 0 Å². The molecule has 21 heavy (non-hydrogen) atoms. The van der Waals surface area contributed by atoms with E-state index in [4.69, 9.17) is 17.0 Å². The molecule has 1 aromatic carbocycles. The van der Waals surface area contributed by atoms with Crippen molar-refractivity contribution in [3.05, 3.63) is 40.4 Å². The van der Waals surface area contributed by atoms with E-state index in [-0.39, 0.29) is 11.5 Å². The minimum atomic E-state index is -0.154. The normalized spacial score (nSPS) is 13.2. The molecule has 0 fully saturated rings. The van der Waals surface area contributed by atoms with Crippen LogP contribution in [0.4, 0.5) is 0 Å². The number of ether oxygens (including phenoxy) is 1. The highest BCUT2D eigenvalue weighted by Gasteiger charge is 2.16. The molecule has 0 aliphatic rings. The summed E-state index contributed by atoms with van der Waals surface area (Å²) in [4.78, 5) is 0. The van der Waals surface area contributed by atoms with Crippen LogP contribution in [0.3, 0.4) is 0 Å². The fourth-order valence-electron chi connectivity index (χ4n) is 2.24. The predicted molar refractivity (Wildman–Crippen MR) is 87.3 cm³/mol. The Morgan fingerprint density at radius 1 is 1.29 bits per heavy atom. The summed E-state index contributed by atoms with van der Waals surface area (Å²) >= 11 is 5.20. The molecule has 2 rings (SSSR count). The SMILES string of the molecule is CCn1c([C@@H](C)Oc2ccc(C(C)(C)C)cc2)n[nH]c1=S. The van der Waals surface area contributed by atoms with Gasteiger partial charge in [0.2, 0.25) is 0 Å². The van der Waals surface area contributed by atoms with Crippen LogP contribution < -0.4 is 4.74 Å². The molecule has 0 amide bonds. The molecule has 114 valence electrons. The zero-order chi connectivity index (χ0) is 15.6. The molecular weight excluding hydrogens is 282 g/mol. The number of hydrogen-bond donors (Lipinski definition) is 1. The molecule has 5 heteroatoms. The average molecular weight is 305 g/mol. The maximum atomic E-state index is 5.97. The maximum absolute atomic E-state index is 5.97. The molecule has 0 radical (unpaired) electrons. The van der Waals surface area contributed by atoms with Crippen LogP contribution in [0.5, 0.6) is 5.75 Å². The zero-order valence-corrected chi connectivity index (χ0v) is 14.1. The van der Waals surface area contributed by atoms with Crippen LogP contribution in [0.2, 0.25) is 0 Å². The van der Waals surface area contributed by atoms with E-state index in [1.165, 1.54) is 5.56 Å². The highest BCUT2D eigenvalue weighted by Crippen LogP contribution is 2.26. The number of hydrogen-bond acceptors (Lipinski definition) is 3. The van der Waals surface area contributed by atoms with Gasteiger partial charge in [0.25, 0.3) is 0 Å². The molecule has 0 unspecified atom stereocenters. The van der Waals surface area contributed by atoms with E-state index in [1.807, 2.05) is 30.5 Å². The number of aromatic nitrogens is 3. The molecule has 2 aromatic rings. The Morgan fingerprint density at radius 3 is 2.43 bits per heavy atom. The van der Waals surface area contributed by atoms with Crippen LogP contribution in [0.15, 0.2) is 24.3 Å². The minimum Gasteiger partial charge on any atom is -0.483 e. The van der Waals surface area contributed by atoms with E-state index < -0.39 is 0 Å². The number of nitrogens with zero attached hydrogens (tertiary/aromatic N) is 2. The lowest BCUT2D eigenvalue weighted by molar-refractivity contribution is 0.210. The number of rotatable bonds is 4. The van der Waals surface area contributed by atoms with Gasteiger partial charge in [-0.05, 0) is 49.2 Å². The zero-order valence-electron chi connectivity index (χ0n) is 13.3. The smallest absolute Gasteiger partial charge is 0.195 e. The van der Waals surface area contributed by atoms with Gasteiger partial charge < -0.3 is 9.30 Å². The Balaban J connectivity index is 2.16. The minimum absolute atomic E-state index is 0.148. The lowest BCUT2D eigenvalue weighted by atomic mass is 9.87. The fourth-order valence-corrected chi connectivity index (χ4v) is 2.50.